The van der Waals surface area contributed by atoms with Crippen molar-refractivity contribution < 1.29 is 14.4 Å². The van der Waals surface area contributed by atoms with Gasteiger partial charge in [0, 0.05) is 19.6 Å². The standard InChI is InChI=1S/C13H19N3O3/c1-3-14-8-5-9(10(14)17)16-11(18)13(2)6-4-7-15(13)12(16)19/h9H,3-8H2,1-2H3/t9?,13-/m0/s1. The van der Waals surface area contributed by atoms with Crippen molar-refractivity contribution in [3.05, 3.63) is 0 Å². The quantitative estimate of drug-likeness (QED) is 0.680. The third kappa shape index (κ3) is 1.45. The average molecular weight is 265 g/mol. The number of amides is 4. The summed E-state index contributed by atoms with van der Waals surface area (Å²) in [5.41, 5.74) is -0.711. The number of imide groups is 1. The zero-order chi connectivity index (χ0) is 13.8. The molecule has 0 aliphatic carbocycles. The van der Waals surface area contributed by atoms with Gasteiger partial charge in [0.25, 0.3) is 5.91 Å². The van der Waals surface area contributed by atoms with Crippen LogP contribution in [0.15, 0.2) is 0 Å². The highest BCUT2D eigenvalue weighted by Gasteiger charge is 2.59. The molecule has 0 aromatic rings. The van der Waals surface area contributed by atoms with Gasteiger partial charge in [0.15, 0.2) is 0 Å². The summed E-state index contributed by atoms with van der Waals surface area (Å²) in [6.45, 7) is 5.61. The molecule has 19 heavy (non-hydrogen) atoms. The van der Waals surface area contributed by atoms with E-state index < -0.39 is 11.6 Å². The summed E-state index contributed by atoms with van der Waals surface area (Å²) < 4.78 is 0. The fourth-order valence-electron chi connectivity index (χ4n) is 3.52. The van der Waals surface area contributed by atoms with E-state index in [1.807, 2.05) is 13.8 Å². The van der Waals surface area contributed by atoms with Gasteiger partial charge in [-0.2, -0.15) is 0 Å². The van der Waals surface area contributed by atoms with Crippen LogP contribution in [0.4, 0.5) is 4.79 Å². The Hall–Kier alpha value is -1.59. The Bertz CT molecular complexity index is 464. The summed E-state index contributed by atoms with van der Waals surface area (Å²) in [6.07, 6.45) is 2.13. The monoisotopic (exact) mass is 265 g/mol. The molecule has 2 atom stereocenters. The summed E-state index contributed by atoms with van der Waals surface area (Å²) in [5, 5.41) is 0. The van der Waals surface area contributed by atoms with E-state index in [9.17, 15) is 14.4 Å². The van der Waals surface area contributed by atoms with Crippen molar-refractivity contribution in [2.75, 3.05) is 19.6 Å². The third-order valence-corrected chi connectivity index (χ3v) is 4.72. The van der Waals surface area contributed by atoms with Gasteiger partial charge in [-0.25, -0.2) is 9.69 Å². The molecule has 0 N–H and O–H groups in total. The van der Waals surface area contributed by atoms with Gasteiger partial charge in [-0.3, -0.25) is 9.59 Å². The first-order valence-corrected chi connectivity index (χ1v) is 6.94. The Kier molecular flexibility index (Phi) is 2.59. The van der Waals surface area contributed by atoms with Crippen LogP contribution < -0.4 is 0 Å². The van der Waals surface area contributed by atoms with Crippen molar-refractivity contribution in [1.82, 2.24) is 14.7 Å². The third-order valence-electron chi connectivity index (χ3n) is 4.72. The molecule has 0 saturated carbocycles. The molecule has 0 bridgehead atoms. The van der Waals surface area contributed by atoms with E-state index in [1.165, 1.54) is 4.90 Å². The number of hydrogen-bond acceptors (Lipinski definition) is 3. The van der Waals surface area contributed by atoms with E-state index in [2.05, 4.69) is 0 Å². The number of nitrogens with zero attached hydrogens (tertiary/aromatic N) is 3. The SMILES string of the molecule is CCN1CCC(N2C(=O)N3CCC[C@@]3(C)C2=O)C1=O. The molecule has 3 saturated heterocycles. The Morgan fingerprint density at radius 2 is 2.00 bits per heavy atom. The molecular weight excluding hydrogens is 246 g/mol. The molecule has 6 heteroatoms. The second-order valence-electron chi connectivity index (χ2n) is 5.71. The van der Waals surface area contributed by atoms with Gasteiger partial charge in [0.1, 0.15) is 11.6 Å². The van der Waals surface area contributed by atoms with Gasteiger partial charge in [0.2, 0.25) is 5.91 Å². The van der Waals surface area contributed by atoms with Crippen molar-refractivity contribution in [1.29, 1.82) is 0 Å². The van der Waals surface area contributed by atoms with Gasteiger partial charge in [-0.15, -0.1) is 0 Å². The predicted octanol–water partition coefficient (Wildman–Crippen LogP) is 0.424. The van der Waals surface area contributed by atoms with Gasteiger partial charge in [-0.1, -0.05) is 0 Å². The minimum Gasteiger partial charge on any atom is -0.341 e. The largest absolute Gasteiger partial charge is 0.341 e. The summed E-state index contributed by atoms with van der Waals surface area (Å²) in [5.74, 6) is -0.278. The molecule has 0 aromatic heterocycles. The first kappa shape index (κ1) is 12.4. The maximum Gasteiger partial charge on any atom is 0.328 e. The molecule has 3 rings (SSSR count). The summed E-state index contributed by atoms with van der Waals surface area (Å²) in [4.78, 5) is 41.7. The molecule has 0 spiro atoms. The second-order valence-corrected chi connectivity index (χ2v) is 5.71. The van der Waals surface area contributed by atoms with E-state index in [0.717, 1.165) is 6.42 Å². The summed E-state index contributed by atoms with van der Waals surface area (Å²) in [7, 11) is 0. The predicted molar refractivity (Wildman–Crippen MR) is 67.2 cm³/mol. The lowest BCUT2D eigenvalue weighted by atomic mass is 9.99. The van der Waals surface area contributed by atoms with Gasteiger partial charge >= 0.3 is 6.03 Å². The highest BCUT2D eigenvalue weighted by molar-refractivity contribution is 6.10. The molecule has 6 nitrogen and oxygen atoms in total. The van der Waals surface area contributed by atoms with E-state index >= 15 is 0 Å². The van der Waals surface area contributed by atoms with Crippen LogP contribution in [0.2, 0.25) is 0 Å². The molecule has 3 aliphatic rings. The van der Waals surface area contributed by atoms with Crippen LogP contribution in [0.25, 0.3) is 0 Å². The fourth-order valence-corrected chi connectivity index (χ4v) is 3.52. The Morgan fingerprint density at radius 1 is 1.26 bits per heavy atom. The second kappa shape index (κ2) is 3.95. The highest BCUT2D eigenvalue weighted by Crippen LogP contribution is 2.39. The van der Waals surface area contributed by atoms with Crippen molar-refractivity contribution in [3.8, 4) is 0 Å². The molecular formula is C13H19N3O3. The van der Waals surface area contributed by atoms with Crippen LogP contribution >= 0.6 is 0 Å². The summed E-state index contributed by atoms with van der Waals surface area (Å²) >= 11 is 0. The van der Waals surface area contributed by atoms with Crippen LogP contribution in [0.3, 0.4) is 0 Å². The average Bonchev–Trinajstić information content (AvgIpc) is 2.98. The molecule has 3 fully saturated rings. The topological polar surface area (TPSA) is 60.9 Å². The summed E-state index contributed by atoms with van der Waals surface area (Å²) in [6, 6.07) is -0.858. The maximum absolute atomic E-state index is 12.5. The molecule has 3 heterocycles. The maximum atomic E-state index is 12.5. The first-order valence-electron chi connectivity index (χ1n) is 6.94. The number of carbonyl (C=O) groups is 3. The number of likely N-dealkylation sites (N-methyl/N-ethyl adjacent to an activating group) is 1. The van der Waals surface area contributed by atoms with Crippen LogP contribution in [-0.2, 0) is 9.59 Å². The van der Waals surface area contributed by atoms with Crippen molar-refractivity contribution in [3.63, 3.8) is 0 Å². The van der Waals surface area contributed by atoms with Crippen LogP contribution in [0.5, 0.6) is 0 Å². The van der Waals surface area contributed by atoms with Crippen LogP contribution in [0.1, 0.15) is 33.1 Å². The van der Waals surface area contributed by atoms with E-state index in [4.69, 9.17) is 0 Å². The Morgan fingerprint density at radius 3 is 2.58 bits per heavy atom. The Balaban J connectivity index is 1.89. The zero-order valence-electron chi connectivity index (χ0n) is 11.4. The minimum atomic E-state index is -0.711. The first-order chi connectivity index (χ1) is 9.00. The lowest BCUT2D eigenvalue weighted by Crippen LogP contribution is -2.47. The number of urea groups is 1. The van der Waals surface area contributed by atoms with E-state index in [-0.39, 0.29) is 17.8 Å². The van der Waals surface area contributed by atoms with E-state index in [1.54, 1.807) is 9.80 Å². The lowest BCUT2D eigenvalue weighted by molar-refractivity contribution is -0.140. The molecule has 1 unspecified atom stereocenters. The smallest absolute Gasteiger partial charge is 0.328 e. The molecule has 0 aromatic carbocycles. The van der Waals surface area contributed by atoms with Crippen LogP contribution in [0, 0.1) is 0 Å². The Labute approximate surface area is 112 Å². The van der Waals surface area contributed by atoms with Crippen molar-refractivity contribution in [2.24, 2.45) is 0 Å². The normalized spacial score (nSPS) is 34.7. The number of rotatable bonds is 2. The zero-order valence-corrected chi connectivity index (χ0v) is 11.4. The number of fused-ring (bicyclic) bond motifs is 1. The van der Waals surface area contributed by atoms with Gasteiger partial charge in [-0.05, 0) is 33.1 Å². The molecule has 4 amide bonds. The minimum absolute atomic E-state index is 0.0889. The van der Waals surface area contributed by atoms with Crippen LogP contribution in [-0.4, -0.2) is 63.8 Å². The van der Waals surface area contributed by atoms with Gasteiger partial charge in [0.05, 0.1) is 0 Å². The van der Waals surface area contributed by atoms with Crippen molar-refractivity contribution in [2.45, 2.75) is 44.7 Å². The number of carbonyl (C=O) groups excluding carboxylic acids is 3. The number of hydrogen-bond donors (Lipinski definition) is 0. The number of likely N-dealkylation sites (tertiary alicyclic amines) is 1. The molecule has 0 radical (unpaired) electrons. The highest BCUT2D eigenvalue weighted by atomic mass is 16.2. The van der Waals surface area contributed by atoms with Crippen molar-refractivity contribution >= 4 is 17.8 Å². The molecule has 104 valence electrons. The fraction of sp³-hybridized carbons (Fsp3) is 0.769. The lowest BCUT2D eigenvalue weighted by Gasteiger charge is -2.22. The van der Waals surface area contributed by atoms with E-state index in [0.29, 0.717) is 32.5 Å². The van der Waals surface area contributed by atoms with Gasteiger partial charge < -0.3 is 9.80 Å². The molecule has 3 aliphatic heterocycles.